The van der Waals surface area contributed by atoms with Gasteiger partial charge in [-0.1, -0.05) is 0 Å². The highest BCUT2D eigenvalue weighted by Crippen LogP contribution is 1.84. The number of aliphatic carboxylic acids is 1. The fourth-order valence-corrected chi connectivity index (χ4v) is 0.231. The van der Waals surface area contributed by atoms with Gasteiger partial charge in [0.15, 0.2) is 23.0 Å². The van der Waals surface area contributed by atoms with Crippen molar-refractivity contribution in [2.24, 2.45) is 0 Å². The molecule has 0 bridgehead atoms. The first-order chi connectivity index (χ1) is 3.27. The summed E-state index contributed by atoms with van der Waals surface area (Å²) in [5.41, 5.74) is 0. The molecule has 1 N–H and O–H groups in total. The quantitative estimate of drug-likeness (QED) is 0.422. The lowest BCUT2D eigenvalue weighted by atomic mass is 10.7. The summed E-state index contributed by atoms with van der Waals surface area (Å²) in [6.07, 6.45) is 2.00. The van der Waals surface area contributed by atoms with Gasteiger partial charge in [-0.15, -0.1) is 0 Å². The second-order valence-corrected chi connectivity index (χ2v) is 1.24. The Morgan fingerprint density at radius 3 is 2.57 bits per heavy atom. The molecule has 0 aromatic rings. The first-order valence-corrected chi connectivity index (χ1v) is 2.32. The van der Waals surface area contributed by atoms with Gasteiger partial charge < -0.3 is 8.17 Å². The van der Waals surface area contributed by atoms with Crippen LogP contribution in [0.4, 0.5) is 0 Å². The molecule has 0 saturated carbocycles. The Balaban J connectivity index is 3.26. The lowest BCUT2D eigenvalue weighted by Crippen LogP contribution is -1.84. The number of carboxylic acids is 1. The van der Waals surface area contributed by atoms with Crippen LogP contribution in [0.3, 0.4) is 0 Å². The molecule has 4 heteroatoms. The Hall–Kier alpha value is -0.260. The molecule has 0 unspecified atom stereocenters. The molecule has 0 aromatic heterocycles. The van der Waals surface area contributed by atoms with Crippen molar-refractivity contribution in [2.45, 2.75) is 0 Å². The maximum Gasteiger partial charge on any atom is 0.331 e. The summed E-state index contributed by atoms with van der Waals surface area (Å²) in [6, 6.07) is 0. The molecule has 0 fully saturated rings. The summed E-state index contributed by atoms with van der Waals surface area (Å²) in [5, 5.41) is 7.87. The Bertz CT molecular complexity index is 88.2. The number of hydrogen-bond donors (Lipinski definition) is 1. The van der Waals surface area contributed by atoms with Crippen LogP contribution in [0.5, 0.6) is 0 Å². The number of carboxylic acid groups (broad SMARTS) is 1. The minimum absolute atomic E-state index is 0.909. The zero-order valence-electron chi connectivity index (χ0n) is 3.30. The van der Waals surface area contributed by atoms with Crippen molar-refractivity contribution < 1.29 is 13.0 Å². The van der Waals surface area contributed by atoms with E-state index < -0.39 is 5.97 Å². The van der Waals surface area contributed by atoms with E-state index in [4.69, 9.17) is 5.11 Å². The number of halogens is 1. The molecule has 0 heterocycles. The van der Waals surface area contributed by atoms with Gasteiger partial charge in [0.1, 0.15) is 6.26 Å². The lowest BCUT2D eigenvalue weighted by molar-refractivity contribution is -0.131. The average molecular weight is 214 g/mol. The third-order valence-corrected chi connectivity index (χ3v) is 0.556. The summed E-state index contributed by atoms with van der Waals surface area (Å²) in [4.78, 5) is 9.59. The van der Waals surface area contributed by atoms with Gasteiger partial charge in [0.2, 0.25) is 0 Å². The van der Waals surface area contributed by atoms with Gasteiger partial charge in [0, 0.05) is 0 Å². The summed E-state index contributed by atoms with van der Waals surface area (Å²) in [5.74, 6) is -1.00. The molecule has 0 amide bonds. The number of hydrogen-bond acceptors (Lipinski definition) is 2. The SMILES string of the molecule is O=C(O)/C=C/OI. The van der Waals surface area contributed by atoms with E-state index in [0.717, 1.165) is 12.3 Å². The van der Waals surface area contributed by atoms with Crippen LogP contribution in [-0.4, -0.2) is 11.1 Å². The van der Waals surface area contributed by atoms with Gasteiger partial charge in [-0.3, -0.25) is 0 Å². The fraction of sp³-hybridized carbons (Fsp3) is 0. The lowest BCUT2D eigenvalue weighted by Gasteiger charge is -1.76. The van der Waals surface area contributed by atoms with Crippen molar-refractivity contribution in [3.8, 4) is 0 Å². The normalized spacial score (nSPS) is 9.29. The predicted octanol–water partition coefficient (Wildman–Crippen LogP) is 0.951. The molecule has 3 nitrogen and oxygen atoms in total. The van der Waals surface area contributed by atoms with E-state index in [1.54, 1.807) is 23.0 Å². The second kappa shape index (κ2) is 3.91. The molecular weight excluding hydrogens is 211 g/mol. The molecule has 0 saturated heterocycles. The highest BCUT2D eigenvalue weighted by molar-refractivity contribution is 14.1. The van der Waals surface area contributed by atoms with Gasteiger partial charge in [-0.2, -0.15) is 0 Å². The highest BCUT2D eigenvalue weighted by atomic mass is 127. The van der Waals surface area contributed by atoms with E-state index >= 15 is 0 Å². The zero-order valence-corrected chi connectivity index (χ0v) is 5.45. The van der Waals surface area contributed by atoms with Crippen molar-refractivity contribution in [1.29, 1.82) is 0 Å². The summed E-state index contributed by atoms with van der Waals surface area (Å²) in [6.45, 7) is 0. The maximum atomic E-state index is 9.59. The first kappa shape index (κ1) is 6.74. The van der Waals surface area contributed by atoms with Crippen molar-refractivity contribution in [3.05, 3.63) is 12.3 Å². The Morgan fingerprint density at radius 2 is 2.43 bits per heavy atom. The van der Waals surface area contributed by atoms with Crippen molar-refractivity contribution in [2.75, 3.05) is 0 Å². The van der Waals surface area contributed by atoms with Gasteiger partial charge in [0.25, 0.3) is 0 Å². The summed E-state index contributed by atoms with van der Waals surface area (Å²) in [7, 11) is 0. The Labute approximate surface area is 54.7 Å². The Kier molecular flexibility index (Phi) is 3.77. The van der Waals surface area contributed by atoms with Crippen LogP contribution in [0.15, 0.2) is 12.3 Å². The second-order valence-electron chi connectivity index (χ2n) is 0.730. The van der Waals surface area contributed by atoms with Crippen LogP contribution in [-0.2, 0) is 7.86 Å². The smallest absolute Gasteiger partial charge is 0.331 e. The minimum atomic E-state index is -1.00. The van der Waals surface area contributed by atoms with Crippen molar-refractivity contribution in [3.63, 3.8) is 0 Å². The van der Waals surface area contributed by atoms with E-state index in [9.17, 15) is 4.79 Å². The van der Waals surface area contributed by atoms with Crippen LogP contribution < -0.4 is 0 Å². The van der Waals surface area contributed by atoms with E-state index in [-0.39, 0.29) is 0 Å². The average Bonchev–Trinajstić information content (AvgIpc) is 1.61. The van der Waals surface area contributed by atoms with Crippen LogP contribution in [0.25, 0.3) is 0 Å². The van der Waals surface area contributed by atoms with Crippen molar-refractivity contribution >= 4 is 29.0 Å². The Morgan fingerprint density at radius 1 is 1.86 bits per heavy atom. The minimum Gasteiger partial charge on any atom is -0.478 e. The summed E-state index contributed by atoms with van der Waals surface area (Å²) < 4.78 is 4.26. The zero-order chi connectivity index (χ0) is 5.70. The molecule has 0 aliphatic heterocycles. The molecule has 0 aliphatic carbocycles. The van der Waals surface area contributed by atoms with Crippen LogP contribution in [0, 0.1) is 0 Å². The molecule has 0 aliphatic rings. The fourth-order valence-electron chi connectivity index (χ4n) is 0.0839. The van der Waals surface area contributed by atoms with E-state index in [0.29, 0.717) is 0 Å². The number of rotatable bonds is 2. The highest BCUT2D eigenvalue weighted by Gasteiger charge is 1.80. The van der Waals surface area contributed by atoms with Gasteiger partial charge in [-0.25, -0.2) is 4.79 Å². The molecule has 0 aromatic carbocycles. The molecular formula is C3H3IO3. The standard InChI is InChI=1S/C3H3IO3/c4-7-2-1-3(5)6/h1-2H,(H,5,6)/b2-1+. The van der Waals surface area contributed by atoms with Crippen LogP contribution in [0.2, 0.25) is 0 Å². The predicted molar refractivity (Wildman–Crippen MR) is 31.9 cm³/mol. The van der Waals surface area contributed by atoms with Crippen molar-refractivity contribution in [1.82, 2.24) is 0 Å². The summed E-state index contributed by atoms with van der Waals surface area (Å²) >= 11 is 1.57. The monoisotopic (exact) mass is 214 g/mol. The maximum absolute atomic E-state index is 9.59. The molecule has 0 radical (unpaired) electrons. The first-order valence-electron chi connectivity index (χ1n) is 1.44. The third kappa shape index (κ3) is 5.74. The van der Waals surface area contributed by atoms with Gasteiger partial charge >= 0.3 is 5.97 Å². The van der Waals surface area contributed by atoms with Crippen LogP contribution in [0.1, 0.15) is 0 Å². The largest absolute Gasteiger partial charge is 0.478 e. The van der Waals surface area contributed by atoms with Gasteiger partial charge in [-0.05, 0) is 0 Å². The molecule has 40 valence electrons. The van der Waals surface area contributed by atoms with E-state index in [1.807, 2.05) is 0 Å². The van der Waals surface area contributed by atoms with E-state index in [2.05, 4.69) is 3.07 Å². The molecule has 0 atom stereocenters. The molecule has 7 heavy (non-hydrogen) atoms. The van der Waals surface area contributed by atoms with Crippen LogP contribution >= 0.6 is 23.0 Å². The molecule has 0 rings (SSSR count). The third-order valence-electron chi connectivity index (χ3n) is 0.262. The number of carbonyl (C=O) groups is 1. The van der Waals surface area contributed by atoms with Gasteiger partial charge in [0.05, 0.1) is 6.08 Å². The topological polar surface area (TPSA) is 46.5 Å². The molecule has 0 spiro atoms. The van der Waals surface area contributed by atoms with E-state index in [1.165, 1.54) is 0 Å².